The van der Waals surface area contributed by atoms with Crippen LogP contribution in [0.3, 0.4) is 0 Å². The van der Waals surface area contributed by atoms with Crippen molar-refractivity contribution in [2.75, 3.05) is 17.2 Å². The molecule has 1 aromatic carbocycles. The number of alkyl halides is 3. The summed E-state index contributed by atoms with van der Waals surface area (Å²) >= 11 is 0.773. The van der Waals surface area contributed by atoms with Gasteiger partial charge in [0.2, 0.25) is 0 Å². The molecule has 0 spiro atoms. The Morgan fingerprint density at radius 1 is 1.16 bits per heavy atom. The van der Waals surface area contributed by atoms with Crippen molar-refractivity contribution in [3.05, 3.63) is 46.2 Å². The third kappa shape index (κ3) is 3.87. The average molecular weight is 391 g/mol. The first-order valence-corrected chi connectivity index (χ1v) is 10.00. The smallest absolute Gasteiger partial charge is 0.307 e. The second-order valence-electron chi connectivity index (χ2n) is 5.12. The number of rotatable bonds is 5. The minimum absolute atomic E-state index is 0.0300. The number of sulfone groups is 1. The first kappa shape index (κ1) is 19.5. The minimum Gasteiger partial charge on any atom is -0.307 e. The Bertz CT molecular complexity index is 873. The number of carbonyl (C=O) groups is 1. The lowest BCUT2D eigenvalue weighted by molar-refractivity contribution is -0.137. The number of hydrogen-bond acceptors (Lipinski definition) is 4. The SMILES string of the molecule is CCN(C(=O)c1cscc1C(F)(F)F)c1ccccc1S(=O)(=O)CC. The molecule has 0 aliphatic carbocycles. The number of para-hydroxylation sites is 1. The van der Waals surface area contributed by atoms with Crippen molar-refractivity contribution in [3.63, 3.8) is 0 Å². The van der Waals surface area contributed by atoms with Gasteiger partial charge in [-0.25, -0.2) is 8.42 Å². The Morgan fingerprint density at radius 2 is 1.80 bits per heavy atom. The van der Waals surface area contributed by atoms with Crippen molar-refractivity contribution in [1.29, 1.82) is 0 Å². The summed E-state index contributed by atoms with van der Waals surface area (Å²) in [5.41, 5.74) is -1.42. The van der Waals surface area contributed by atoms with E-state index in [0.717, 1.165) is 27.0 Å². The van der Waals surface area contributed by atoms with Crippen LogP contribution in [0.4, 0.5) is 18.9 Å². The van der Waals surface area contributed by atoms with Crippen LogP contribution in [0.1, 0.15) is 29.8 Å². The minimum atomic E-state index is -4.65. The van der Waals surface area contributed by atoms with E-state index < -0.39 is 33.0 Å². The van der Waals surface area contributed by atoms with Crippen LogP contribution in [-0.4, -0.2) is 26.6 Å². The zero-order valence-corrected chi connectivity index (χ0v) is 15.1. The normalized spacial score (nSPS) is 12.2. The van der Waals surface area contributed by atoms with Gasteiger partial charge in [-0.1, -0.05) is 19.1 Å². The van der Waals surface area contributed by atoms with Gasteiger partial charge in [0.1, 0.15) is 0 Å². The standard InChI is InChI=1S/C16H16F3NO3S2/c1-3-20(13-7-5-6-8-14(13)25(22,23)4-2)15(21)11-9-24-10-12(11)16(17,18)19/h5-10H,3-4H2,1-2H3. The van der Waals surface area contributed by atoms with E-state index in [4.69, 9.17) is 0 Å². The maximum absolute atomic E-state index is 13.1. The molecule has 0 unspecified atom stereocenters. The van der Waals surface area contributed by atoms with E-state index in [1.807, 2.05) is 0 Å². The van der Waals surface area contributed by atoms with Crippen LogP contribution in [0.2, 0.25) is 0 Å². The quantitative estimate of drug-likeness (QED) is 0.767. The Labute approximate surface area is 147 Å². The van der Waals surface area contributed by atoms with Crippen molar-refractivity contribution in [1.82, 2.24) is 0 Å². The molecule has 0 saturated carbocycles. The lowest BCUT2D eigenvalue weighted by Crippen LogP contribution is -2.33. The van der Waals surface area contributed by atoms with E-state index in [1.165, 1.54) is 31.2 Å². The van der Waals surface area contributed by atoms with Crippen LogP contribution in [0.15, 0.2) is 39.9 Å². The molecule has 0 N–H and O–H groups in total. The highest BCUT2D eigenvalue weighted by molar-refractivity contribution is 7.91. The lowest BCUT2D eigenvalue weighted by Gasteiger charge is -2.24. The molecular formula is C16H16F3NO3S2. The second-order valence-corrected chi connectivity index (χ2v) is 8.11. The zero-order chi connectivity index (χ0) is 18.8. The van der Waals surface area contributed by atoms with Gasteiger partial charge in [-0.05, 0) is 19.1 Å². The Morgan fingerprint density at radius 3 is 2.36 bits per heavy atom. The summed E-state index contributed by atoms with van der Waals surface area (Å²) in [5.74, 6) is -1.06. The molecular weight excluding hydrogens is 375 g/mol. The molecule has 0 bridgehead atoms. The highest BCUT2D eigenvalue weighted by Gasteiger charge is 2.37. The number of amides is 1. The molecule has 0 radical (unpaired) electrons. The molecule has 4 nitrogen and oxygen atoms in total. The van der Waals surface area contributed by atoms with Gasteiger partial charge in [0.05, 0.1) is 27.5 Å². The fraction of sp³-hybridized carbons (Fsp3) is 0.312. The van der Waals surface area contributed by atoms with E-state index in [1.54, 1.807) is 6.92 Å². The van der Waals surface area contributed by atoms with Crippen molar-refractivity contribution >= 4 is 32.8 Å². The summed E-state index contributed by atoms with van der Waals surface area (Å²) < 4.78 is 63.7. The maximum Gasteiger partial charge on any atom is 0.417 e. The van der Waals surface area contributed by atoms with Crippen molar-refractivity contribution in [2.45, 2.75) is 24.9 Å². The highest BCUT2D eigenvalue weighted by atomic mass is 32.2. The van der Waals surface area contributed by atoms with Gasteiger partial charge in [-0.2, -0.15) is 24.5 Å². The molecule has 25 heavy (non-hydrogen) atoms. The van der Waals surface area contributed by atoms with Crippen LogP contribution in [0.5, 0.6) is 0 Å². The predicted molar refractivity (Wildman–Crippen MR) is 90.8 cm³/mol. The molecule has 0 aliphatic heterocycles. The summed E-state index contributed by atoms with van der Waals surface area (Å²) in [6.07, 6.45) is -4.65. The predicted octanol–water partition coefficient (Wildman–Crippen LogP) is 4.23. The van der Waals surface area contributed by atoms with E-state index in [2.05, 4.69) is 0 Å². The van der Waals surface area contributed by atoms with Gasteiger partial charge < -0.3 is 4.90 Å². The molecule has 0 atom stereocenters. The molecule has 1 aromatic heterocycles. The summed E-state index contributed by atoms with van der Waals surface area (Å²) in [7, 11) is -3.64. The zero-order valence-electron chi connectivity index (χ0n) is 13.5. The van der Waals surface area contributed by atoms with Crippen LogP contribution in [0.25, 0.3) is 0 Å². The first-order valence-electron chi connectivity index (χ1n) is 7.40. The van der Waals surface area contributed by atoms with Crippen LogP contribution < -0.4 is 4.90 Å². The van der Waals surface area contributed by atoms with E-state index in [0.29, 0.717) is 0 Å². The number of benzene rings is 1. The number of anilines is 1. The Balaban J connectivity index is 2.56. The van der Waals surface area contributed by atoms with Crippen LogP contribution in [0, 0.1) is 0 Å². The molecule has 0 fully saturated rings. The fourth-order valence-electron chi connectivity index (χ4n) is 2.35. The van der Waals surface area contributed by atoms with Gasteiger partial charge in [0, 0.05) is 17.3 Å². The number of halogens is 3. The van der Waals surface area contributed by atoms with Crippen molar-refractivity contribution < 1.29 is 26.4 Å². The van der Waals surface area contributed by atoms with Crippen molar-refractivity contribution in [3.8, 4) is 0 Å². The molecule has 9 heteroatoms. The topological polar surface area (TPSA) is 54.5 Å². The van der Waals surface area contributed by atoms with Crippen molar-refractivity contribution in [2.24, 2.45) is 0 Å². The van der Waals surface area contributed by atoms with Crippen LogP contribution in [-0.2, 0) is 16.0 Å². The van der Waals surface area contributed by atoms with Gasteiger partial charge in [0.15, 0.2) is 9.84 Å². The summed E-state index contributed by atoms with van der Waals surface area (Å²) in [4.78, 5) is 13.7. The number of thiophene rings is 1. The third-order valence-corrected chi connectivity index (χ3v) is 6.15. The maximum atomic E-state index is 13.1. The van der Waals surface area contributed by atoms with Crippen LogP contribution >= 0.6 is 11.3 Å². The first-order chi connectivity index (χ1) is 11.6. The second kappa shape index (κ2) is 7.17. The number of hydrogen-bond donors (Lipinski definition) is 0. The summed E-state index contributed by atoms with van der Waals surface area (Å²) in [6.45, 7) is 3.07. The van der Waals surface area contributed by atoms with E-state index >= 15 is 0 Å². The molecule has 1 amide bonds. The molecule has 0 aliphatic rings. The van der Waals surface area contributed by atoms with E-state index in [9.17, 15) is 26.4 Å². The Kier molecular flexibility index (Phi) is 5.58. The molecule has 136 valence electrons. The monoisotopic (exact) mass is 391 g/mol. The largest absolute Gasteiger partial charge is 0.417 e. The number of carbonyl (C=O) groups excluding carboxylic acids is 1. The van der Waals surface area contributed by atoms with Gasteiger partial charge in [-0.15, -0.1) is 0 Å². The molecule has 1 heterocycles. The summed E-state index contributed by atoms with van der Waals surface area (Å²) in [6, 6.07) is 5.82. The lowest BCUT2D eigenvalue weighted by atomic mass is 10.1. The molecule has 2 aromatic rings. The average Bonchev–Trinajstić information content (AvgIpc) is 3.06. The van der Waals surface area contributed by atoms with Gasteiger partial charge in [-0.3, -0.25) is 4.79 Å². The molecule has 2 rings (SSSR count). The fourth-order valence-corrected chi connectivity index (χ4v) is 4.27. The molecule has 0 saturated heterocycles. The van der Waals surface area contributed by atoms with Gasteiger partial charge >= 0.3 is 6.18 Å². The third-order valence-electron chi connectivity index (χ3n) is 3.63. The summed E-state index contributed by atoms with van der Waals surface area (Å²) in [5, 5.41) is 2.00. The van der Waals surface area contributed by atoms with Gasteiger partial charge in [0.25, 0.3) is 5.91 Å². The highest BCUT2D eigenvalue weighted by Crippen LogP contribution is 2.36. The Hall–Kier alpha value is -1.87. The van der Waals surface area contributed by atoms with E-state index in [-0.39, 0.29) is 22.9 Å². The number of nitrogens with zero attached hydrogens (tertiary/aromatic N) is 1.